The first-order chi connectivity index (χ1) is 25.5. The molecule has 0 aliphatic carbocycles. The Balaban J connectivity index is 0.000000204. The van der Waals surface area contributed by atoms with Crippen LogP contribution >= 0.6 is 85.3 Å². The Kier molecular flexibility index (Phi) is 14.6. The third-order valence-electron chi connectivity index (χ3n) is 7.13. The Bertz CT molecular complexity index is 2250. The number of anilines is 2. The van der Waals surface area contributed by atoms with Crippen LogP contribution in [0.25, 0.3) is 22.3 Å². The maximum atomic E-state index is 12.3. The van der Waals surface area contributed by atoms with Crippen molar-refractivity contribution in [1.82, 2.24) is 0 Å². The van der Waals surface area contributed by atoms with Crippen molar-refractivity contribution in [2.45, 2.75) is 9.79 Å². The Hall–Kier alpha value is -4.08. The number of benzene rings is 4. The van der Waals surface area contributed by atoms with Gasteiger partial charge in [0.25, 0.3) is 0 Å². The number of rotatable bonds is 12. The highest BCUT2D eigenvalue weighted by Crippen LogP contribution is 2.40. The lowest BCUT2D eigenvalue weighted by Crippen LogP contribution is -2.15. The van der Waals surface area contributed by atoms with Gasteiger partial charge in [0.15, 0.2) is 0 Å². The smallest absolute Gasteiger partial charge is 0.339 e. The lowest BCUT2D eigenvalue weighted by molar-refractivity contribution is -0.114. The predicted octanol–water partition coefficient (Wildman–Crippen LogP) is 11.8. The molecule has 0 fully saturated rings. The minimum atomic E-state index is -1.14. The number of halogens is 3. The molecule has 6 rings (SSSR count). The zero-order valence-electron chi connectivity index (χ0n) is 27.2. The summed E-state index contributed by atoms with van der Waals surface area (Å²) in [6.07, 6.45) is 0. The number of hydrogen-bond donors (Lipinski definition) is 4. The molecule has 4 aromatic carbocycles. The zero-order chi connectivity index (χ0) is 37.9. The lowest BCUT2D eigenvalue weighted by atomic mass is 10.0. The summed E-state index contributed by atoms with van der Waals surface area (Å²) in [5.41, 5.74) is 2.48. The molecule has 0 aliphatic rings. The van der Waals surface area contributed by atoms with Gasteiger partial charge < -0.3 is 20.8 Å². The predicted molar refractivity (Wildman–Crippen MR) is 223 cm³/mol. The normalized spacial score (nSPS) is 10.5. The average molecular weight is 887 g/mol. The van der Waals surface area contributed by atoms with E-state index in [1.165, 1.54) is 34.9 Å². The molecule has 0 unspecified atom stereocenters. The van der Waals surface area contributed by atoms with E-state index >= 15 is 0 Å². The highest BCUT2D eigenvalue weighted by atomic mass is 79.9. The molecular weight excluding hydrogens is 860 g/mol. The van der Waals surface area contributed by atoms with E-state index in [9.17, 15) is 29.4 Å². The second-order valence-corrected chi connectivity index (χ2v) is 16.3. The van der Waals surface area contributed by atoms with E-state index in [1.807, 2.05) is 84.9 Å². The molecule has 53 heavy (non-hydrogen) atoms. The van der Waals surface area contributed by atoms with E-state index in [2.05, 4.69) is 26.6 Å². The molecule has 15 heteroatoms. The highest BCUT2D eigenvalue weighted by molar-refractivity contribution is 9.10. The van der Waals surface area contributed by atoms with Crippen molar-refractivity contribution in [2.24, 2.45) is 0 Å². The number of carboxylic acid groups (broad SMARTS) is 2. The van der Waals surface area contributed by atoms with Gasteiger partial charge in [0.1, 0.15) is 21.1 Å². The SMILES string of the molecule is O=C(CSc1ccccc1)Nc1scc(-c2ccc(Cl)cc2Cl)c1C(=O)O.O=C(CSc1ccccc1)Nc1scc(-c2ccccc2Br)c1C(=O)O. The number of carbonyl (C=O) groups excluding carboxylic acids is 2. The van der Waals surface area contributed by atoms with Crippen LogP contribution in [0.5, 0.6) is 0 Å². The fourth-order valence-electron chi connectivity index (χ4n) is 4.77. The van der Waals surface area contributed by atoms with Crippen molar-refractivity contribution in [2.75, 3.05) is 22.1 Å². The van der Waals surface area contributed by atoms with Crippen LogP contribution in [-0.2, 0) is 9.59 Å². The standard InChI is InChI=1S/C19H14BrNO3S2.C19H13Cl2NO3S2/c20-15-9-5-4-8-13(15)14-10-26-18(17(14)19(23)24)21-16(22)11-25-12-6-2-1-3-7-12;20-11-6-7-13(15(21)8-11)14-9-27-18(17(14)19(24)25)22-16(23)10-26-12-4-2-1-3-5-12/h1-10H,11H2,(H,21,22)(H,23,24);1-9H,10H2,(H,22,23)(H,24,25). The number of thioether (sulfide) groups is 2. The zero-order valence-corrected chi connectivity index (χ0v) is 33.5. The van der Waals surface area contributed by atoms with Crippen LogP contribution in [0, 0.1) is 0 Å². The number of thiophene rings is 2. The Labute approximate surface area is 339 Å². The van der Waals surface area contributed by atoms with Crippen molar-refractivity contribution >= 4 is 119 Å². The Morgan fingerprint density at radius 1 is 0.604 bits per heavy atom. The Morgan fingerprint density at radius 3 is 1.51 bits per heavy atom. The van der Waals surface area contributed by atoms with Gasteiger partial charge in [-0.2, -0.15) is 0 Å². The third kappa shape index (κ3) is 11.0. The van der Waals surface area contributed by atoms with Gasteiger partial charge in [-0.1, -0.05) is 99.8 Å². The summed E-state index contributed by atoms with van der Waals surface area (Å²) in [4.78, 5) is 50.0. The summed E-state index contributed by atoms with van der Waals surface area (Å²) in [6.45, 7) is 0. The van der Waals surface area contributed by atoms with E-state index in [0.717, 1.165) is 31.2 Å². The summed E-state index contributed by atoms with van der Waals surface area (Å²) >= 11 is 20.7. The van der Waals surface area contributed by atoms with Gasteiger partial charge >= 0.3 is 11.9 Å². The minimum Gasteiger partial charge on any atom is -0.478 e. The number of nitrogens with one attached hydrogen (secondary N) is 2. The van der Waals surface area contributed by atoms with Crippen LogP contribution < -0.4 is 10.6 Å². The van der Waals surface area contributed by atoms with Crippen LogP contribution in [0.1, 0.15) is 20.7 Å². The second-order valence-electron chi connectivity index (χ2n) is 10.7. The number of amides is 2. The van der Waals surface area contributed by atoms with Gasteiger partial charge in [-0.25, -0.2) is 9.59 Å². The van der Waals surface area contributed by atoms with Crippen LogP contribution in [0.3, 0.4) is 0 Å². The van der Waals surface area contributed by atoms with E-state index in [1.54, 1.807) is 29.0 Å². The molecule has 2 aromatic heterocycles. The van der Waals surface area contributed by atoms with Crippen LogP contribution in [0.4, 0.5) is 10.0 Å². The summed E-state index contributed by atoms with van der Waals surface area (Å²) in [5, 5.41) is 29.6. The topological polar surface area (TPSA) is 133 Å². The molecule has 0 aliphatic heterocycles. The lowest BCUT2D eigenvalue weighted by Gasteiger charge is -2.07. The van der Waals surface area contributed by atoms with E-state index in [4.69, 9.17) is 23.2 Å². The average Bonchev–Trinajstić information content (AvgIpc) is 3.75. The van der Waals surface area contributed by atoms with Crippen LogP contribution in [0.15, 0.2) is 128 Å². The quantitative estimate of drug-likeness (QED) is 0.0893. The molecule has 8 nitrogen and oxygen atoms in total. The molecule has 270 valence electrons. The molecule has 0 saturated carbocycles. The Morgan fingerprint density at radius 2 is 1.06 bits per heavy atom. The molecule has 0 spiro atoms. The summed E-state index contributed by atoms with van der Waals surface area (Å²) in [7, 11) is 0. The fourth-order valence-corrected chi connectivity index (χ4v) is 9.15. The maximum absolute atomic E-state index is 12.3. The molecule has 0 atom stereocenters. The van der Waals surface area contributed by atoms with E-state index in [-0.39, 0.29) is 39.4 Å². The largest absolute Gasteiger partial charge is 0.478 e. The molecule has 2 heterocycles. The molecule has 4 N–H and O–H groups in total. The van der Waals surface area contributed by atoms with Crippen LogP contribution in [-0.4, -0.2) is 45.5 Å². The van der Waals surface area contributed by atoms with Crippen molar-refractivity contribution in [1.29, 1.82) is 0 Å². The number of hydrogen-bond acceptors (Lipinski definition) is 8. The summed E-state index contributed by atoms with van der Waals surface area (Å²) < 4.78 is 0.804. The molecule has 2 amide bonds. The minimum absolute atomic E-state index is 0.0160. The summed E-state index contributed by atoms with van der Waals surface area (Å²) in [5.74, 6) is -2.32. The fraction of sp³-hybridized carbons (Fsp3) is 0.0526. The second kappa shape index (κ2) is 19.3. The number of carbonyl (C=O) groups is 4. The first-order valence-electron chi connectivity index (χ1n) is 15.4. The van der Waals surface area contributed by atoms with Gasteiger partial charge in [-0.15, -0.1) is 46.2 Å². The molecule has 6 aromatic rings. The monoisotopic (exact) mass is 884 g/mol. The first kappa shape index (κ1) is 40.1. The highest BCUT2D eigenvalue weighted by Gasteiger charge is 2.24. The summed E-state index contributed by atoms with van der Waals surface area (Å²) in [6, 6.07) is 31.4. The molecule has 0 radical (unpaired) electrons. The van der Waals surface area contributed by atoms with Crippen molar-refractivity contribution in [3.8, 4) is 22.3 Å². The van der Waals surface area contributed by atoms with Crippen molar-refractivity contribution in [3.05, 3.63) is 140 Å². The molecular formula is C38H27BrCl2N2O6S4. The van der Waals surface area contributed by atoms with E-state index in [0.29, 0.717) is 31.7 Å². The van der Waals surface area contributed by atoms with Gasteiger partial charge in [-0.3, -0.25) is 9.59 Å². The molecule has 0 saturated heterocycles. The number of carboxylic acids is 2. The van der Waals surface area contributed by atoms with Crippen molar-refractivity contribution < 1.29 is 29.4 Å². The number of aromatic carboxylic acids is 2. The molecule has 0 bridgehead atoms. The van der Waals surface area contributed by atoms with Gasteiger partial charge in [0.2, 0.25) is 11.8 Å². The first-order valence-corrected chi connectivity index (χ1v) is 20.6. The van der Waals surface area contributed by atoms with Gasteiger partial charge in [0, 0.05) is 51.8 Å². The van der Waals surface area contributed by atoms with Gasteiger partial charge in [0.05, 0.1) is 11.5 Å². The maximum Gasteiger partial charge on any atom is 0.339 e. The van der Waals surface area contributed by atoms with E-state index < -0.39 is 11.9 Å². The van der Waals surface area contributed by atoms with Gasteiger partial charge in [-0.05, 0) is 48.0 Å². The third-order valence-corrected chi connectivity index (χ3v) is 12.2. The van der Waals surface area contributed by atoms with Crippen molar-refractivity contribution in [3.63, 3.8) is 0 Å². The van der Waals surface area contributed by atoms with Crippen LogP contribution in [0.2, 0.25) is 10.0 Å².